The zero-order chi connectivity index (χ0) is 14.6. The Labute approximate surface area is 125 Å². The van der Waals surface area contributed by atoms with Crippen molar-refractivity contribution in [3.63, 3.8) is 0 Å². The summed E-state index contributed by atoms with van der Waals surface area (Å²) in [5.41, 5.74) is 0.655. The molecule has 0 amide bonds. The first kappa shape index (κ1) is 15.7. The van der Waals surface area contributed by atoms with Gasteiger partial charge in [-0.25, -0.2) is 4.39 Å². The molecule has 2 nitrogen and oxygen atoms in total. The Balaban J connectivity index is 2.16. The molecule has 0 saturated carbocycles. The number of hydrogen-bond acceptors (Lipinski definition) is 2. The van der Waals surface area contributed by atoms with Crippen LogP contribution in [0.5, 0.6) is 0 Å². The summed E-state index contributed by atoms with van der Waals surface area (Å²) in [6, 6.07) is 5.16. The Kier molecular flexibility index (Phi) is 5.42. The van der Waals surface area contributed by atoms with Gasteiger partial charge in [0.1, 0.15) is 5.82 Å². The second-order valence-corrected chi connectivity index (χ2v) is 6.07. The van der Waals surface area contributed by atoms with Gasteiger partial charge >= 0.3 is 0 Å². The molecule has 0 radical (unpaired) electrons. The van der Waals surface area contributed by atoms with Crippen molar-refractivity contribution in [3.05, 3.63) is 34.6 Å². The van der Waals surface area contributed by atoms with Gasteiger partial charge in [-0.3, -0.25) is 0 Å². The Morgan fingerprint density at radius 3 is 2.95 bits per heavy atom. The van der Waals surface area contributed by atoms with Gasteiger partial charge in [0, 0.05) is 12.6 Å². The number of rotatable bonds is 6. The van der Waals surface area contributed by atoms with Gasteiger partial charge < -0.3 is 10.1 Å². The fraction of sp³-hybridized carbons (Fsp3) is 0.625. The standard InChI is InChI=1S/C16H23ClFNO/c1-3-9-19-14(16(2)8-5-10-20-16)11-12-6-4-7-13(18)15(12)17/h4,6-7,14,19H,3,5,8-11H2,1-2H3. The van der Waals surface area contributed by atoms with Crippen LogP contribution in [0.25, 0.3) is 0 Å². The summed E-state index contributed by atoms with van der Waals surface area (Å²) in [4.78, 5) is 0. The minimum atomic E-state index is -0.351. The van der Waals surface area contributed by atoms with Crippen LogP contribution in [-0.2, 0) is 11.2 Å². The molecule has 1 aliphatic rings. The summed E-state index contributed by atoms with van der Waals surface area (Å²) in [5, 5.41) is 3.77. The third-order valence-electron chi connectivity index (χ3n) is 4.08. The van der Waals surface area contributed by atoms with E-state index in [0.717, 1.165) is 38.0 Å². The lowest BCUT2D eigenvalue weighted by Gasteiger charge is -2.34. The molecule has 2 atom stereocenters. The molecule has 1 heterocycles. The molecular weight excluding hydrogens is 277 g/mol. The predicted octanol–water partition coefficient (Wildman–Crippen LogP) is 3.96. The minimum absolute atomic E-state index is 0.157. The lowest BCUT2D eigenvalue weighted by molar-refractivity contribution is -0.0114. The topological polar surface area (TPSA) is 21.3 Å². The fourth-order valence-corrected chi connectivity index (χ4v) is 3.03. The third kappa shape index (κ3) is 3.51. The number of hydrogen-bond donors (Lipinski definition) is 1. The average molecular weight is 300 g/mol. The van der Waals surface area contributed by atoms with Gasteiger partial charge in [-0.15, -0.1) is 0 Å². The van der Waals surface area contributed by atoms with Crippen LogP contribution in [-0.4, -0.2) is 24.8 Å². The van der Waals surface area contributed by atoms with Gasteiger partial charge in [-0.1, -0.05) is 30.7 Å². The van der Waals surface area contributed by atoms with E-state index in [-0.39, 0.29) is 22.5 Å². The largest absolute Gasteiger partial charge is 0.374 e. The smallest absolute Gasteiger partial charge is 0.142 e. The molecule has 2 unspecified atom stereocenters. The summed E-state index contributed by atoms with van der Waals surface area (Å²) in [6.07, 6.45) is 3.86. The summed E-state index contributed by atoms with van der Waals surface area (Å²) < 4.78 is 19.5. The molecule has 0 spiro atoms. The van der Waals surface area contributed by atoms with E-state index in [4.69, 9.17) is 16.3 Å². The van der Waals surface area contributed by atoms with Gasteiger partial charge in [0.25, 0.3) is 0 Å². The molecule has 0 aromatic heterocycles. The van der Waals surface area contributed by atoms with Crippen molar-refractivity contribution in [3.8, 4) is 0 Å². The van der Waals surface area contributed by atoms with Crippen molar-refractivity contribution in [2.45, 2.75) is 51.2 Å². The molecule has 1 saturated heterocycles. The highest BCUT2D eigenvalue weighted by atomic mass is 35.5. The molecule has 1 aliphatic heterocycles. The Morgan fingerprint density at radius 1 is 1.50 bits per heavy atom. The second kappa shape index (κ2) is 6.88. The highest BCUT2D eigenvalue weighted by Crippen LogP contribution is 2.32. The number of halogens is 2. The maximum Gasteiger partial charge on any atom is 0.142 e. The van der Waals surface area contributed by atoms with E-state index < -0.39 is 0 Å². The van der Waals surface area contributed by atoms with E-state index in [1.54, 1.807) is 6.07 Å². The first-order chi connectivity index (χ1) is 9.57. The van der Waals surface area contributed by atoms with Crippen molar-refractivity contribution in [2.75, 3.05) is 13.2 Å². The molecule has 1 aromatic rings. The number of benzene rings is 1. The van der Waals surface area contributed by atoms with E-state index in [0.29, 0.717) is 6.42 Å². The number of nitrogens with one attached hydrogen (secondary N) is 1. The molecule has 0 bridgehead atoms. The van der Waals surface area contributed by atoms with Crippen LogP contribution in [0.2, 0.25) is 5.02 Å². The van der Waals surface area contributed by atoms with Crippen LogP contribution in [0.1, 0.15) is 38.7 Å². The Bertz CT molecular complexity index is 446. The van der Waals surface area contributed by atoms with Crippen LogP contribution in [0, 0.1) is 5.82 Å². The van der Waals surface area contributed by atoms with Crippen molar-refractivity contribution in [1.82, 2.24) is 5.32 Å². The summed E-state index contributed by atoms with van der Waals surface area (Å²) >= 11 is 6.08. The predicted molar refractivity (Wildman–Crippen MR) is 80.8 cm³/mol. The van der Waals surface area contributed by atoms with Gasteiger partial charge in [-0.05, 0) is 50.8 Å². The first-order valence-corrected chi connectivity index (χ1v) is 7.75. The monoisotopic (exact) mass is 299 g/mol. The second-order valence-electron chi connectivity index (χ2n) is 5.69. The molecule has 1 N–H and O–H groups in total. The molecule has 4 heteroatoms. The van der Waals surface area contributed by atoms with E-state index >= 15 is 0 Å². The Hall–Kier alpha value is -0.640. The zero-order valence-electron chi connectivity index (χ0n) is 12.2. The van der Waals surface area contributed by atoms with Gasteiger partial charge in [0.2, 0.25) is 0 Å². The van der Waals surface area contributed by atoms with Crippen LogP contribution in [0.3, 0.4) is 0 Å². The molecule has 1 aromatic carbocycles. The maximum absolute atomic E-state index is 13.6. The van der Waals surface area contributed by atoms with E-state index in [2.05, 4.69) is 19.2 Å². The Morgan fingerprint density at radius 2 is 2.30 bits per heavy atom. The molecule has 112 valence electrons. The van der Waals surface area contributed by atoms with Crippen molar-refractivity contribution in [2.24, 2.45) is 0 Å². The highest BCUT2D eigenvalue weighted by Gasteiger charge is 2.38. The fourth-order valence-electron chi connectivity index (χ4n) is 2.82. The van der Waals surface area contributed by atoms with Gasteiger partial charge in [-0.2, -0.15) is 0 Å². The van der Waals surface area contributed by atoms with Crippen LogP contribution in [0.15, 0.2) is 18.2 Å². The maximum atomic E-state index is 13.6. The first-order valence-electron chi connectivity index (χ1n) is 7.37. The lowest BCUT2D eigenvalue weighted by Crippen LogP contribution is -2.50. The van der Waals surface area contributed by atoms with E-state index in [1.165, 1.54) is 6.07 Å². The SMILES string of the molecule is CCCNC(Cc1cccc(F)c1Cl)C1(C)CCCO1. The molecule has 1 fully saturated rings. The molecule has 0 aliphatic carbocycles. The average Bonchev–Trinajstić information content (AvgIpc) is 2.87. The molecule has 2 rings (SSSR count). The highest BCUT2D eigenvalue weighted by molar-refractivity contribution is 6.31. The minimum Gasteiger partial charge on any atom is -0.374 e. The van der Waals surface area contributed by atoms with E-state index in [1.807, 2.05) is 6.07 Å². The van der Waals surface area contributed by atoms with Crippen molar-refractivity contribution in [1.29, 1.82) is 0 Å². The summed E-state index contributed by atoms with van der Waals surface area (Å²) in [6.45, 7) is 6.01. The summed E-state index contributed by atoms with van der Waals surface area (Å²) in [7, 11) is 0. The summed E-state index contributed by atoms with van der Waals surface area (Å²) in [5.74, 6) is -0.351. The molecule has 20 heavy (non-hydrogen) atoms. The zero-order valence-corrected chi connectivity index (χ0v) is 13.0. The van der Waals surface area contributed by atoms with Crippen LogP contribution < -0.4 is 5.32 Å². The quantitative estimate of drug-likeness (QED) is 0.858. The third-order valence-corrected chi connectivity index (χ3v) is 4.51. The van der Waals surface area contributed by atoms with Crippen LogP contribution >= 0.6 is 11.6 Å². The number of ether oxygens (including phenoxy) is 1. The van der Waals surface area contributed by atoms with Crippen molar-refractivity contribution < 1.29 is 9.13 Å². The lowest BCUT2D eigenvalue weighted by atomic mass is 9.88. The van der Waals surface area contributed by atoms with Crippen molar-refractivity contribution >= 4 is 11.6 Å². The van der Waals surface area contributed by atoms with Gasteiger partial charge in [0.15, 0.2) is 0 Å². The van der Waals surface area contributed by atoms with E-state index in [9.17, 15) is 4.39 Å². The molecular formula is C16H23ClFNO. The van der Waals surface area contributed by atoms with Gasteiger partial charge in [0.05, 0.1) is 10.6 Å². The normalized spacial score (nSPS) is 24.0. The van der Waals surface area contributed by atoms with Crippen LogP contribution in [0.4, 0.5) is 4.39 Å².